The zero-order valence-electron chi connectivity index (χ0n) is 15.6. The molecule has 0 saturated heterocycles. The summed E-state index contributed by atoms with van der Waals surface area (Å²) >= 11 is 6.59. The van der Waals surface area contributed by atoms with Crippen molar-refractivity contribution in [3.63, 3.8) is 0 Å². The number of aromatic carboxylic acids is 1. The lowest BCUT2D eigenvalue weighted by molar-refractivity contribution is -0.384. The van der Waals surface area contributed by atoms with Crippen molar-refractivity contribution < 1.29 is 29.5 Å². The van der Waals surface area contributed by atoms with E-state index in [-0.39, 0.29) is 24.2 Å². The molecular formula is C18H16Br2N4O7. The molecule has 1 atom stereocenters. The highest BCUT2D eigenvalue weighted by Crippen LogP contribution is 2.33. The number of nitro benzene ring substituents is 1. The second kappa shape index (κ2) is 9.75. The molecule has 164 valence electrons. The molecule has 0 aromatic heterocycles. The van der Waals surface area contributed by atoms with Gasteiger partial charge in [0.25, 0.3) is 11.6 Å². The molecule has 0 aliphatic heterocycles. The molecule has 0 saturated carbocycles. The van der Waals surface area contributed by atoms with E-state index >= 15 is 0 Å². The molecule has 13 heteroatoms. The standard InChI is InChI=1S/C18H16Br2N4O7/c19-10-5-8(6-11(20)14(10)21)3-4-23(15(16(22)25)18(28)29)12-2-1-9(17(26)27)7-13(12)24(30)31/h1-2,5-7,15H,3-4,21H2,(H2,22,25)(H,26,27)(H,28,29). The van der Waals surface area contributed by atoms with E-state index in [1.807, 2.05) is 0 Å². The number of benzene rings is 2. The number of carbonyl (C=O) groups excluding carboxylic acids is 1. The van der Waals surface area contributed by atoms with Crippen LogP contribution in [0.1, 0.15) is 15.9 Å². The molecule has 6 N–H and O–H groups in total. The zero-order chi connectivity index (χ0) is 23.5. The molecule has 2 aromatic carbocycles. The maximum absolute atomic E-state index is 11.9. The number of hydrogen-bond acceptors (Lipinski definition) is 7. The Balaban J connectivity index is 2.56. The molecule has 1 amide bonds. The fourth-order valence-electron chi connectivity index (χ4n) is 2.87. The Bertz CT molecular complexity index is 1040. The molecule has 0 radical (unpaired) electrons. The van der Waals surface area contributed by atoms with E-state index in [1.54, 1.807) is 12.1 Å². The smallest absolute Gasteiger partial charge is 0.336 e. The van der Waals surface area contributed by atoms with Crippen LogP contribution in [0.5, 0.6) is 0 Å². The van der Waals surface area contributed by atoms with Gasteiger partial charge in [-0.25, -0.2) is 9.59 Å². The summed E-state index contributed by atoms with van der Waals surface area (Å²) in [5, 5.41) is 30.2. The van der Waals surface area contributed by atoms with E-state index in [0.29, 0.717) is 20.2 Å². The van der Waals surface area contributed by atoms with Gasteiger partial charge in [0.2, 0.25) is 6.04 Å². The van der Waals surface area contributed by atoms with Crippen molar-refractivity contribution in [2.45, 2.75) is 12.5 Å². The number of carbonyl (C=O) groups is 3. The van der Waals surface area contributed by atoms with Crippen molar-refractivity contribution in [2.24, 2.45) is 5.73 Å². The molecular weight excluding hydrogens is 544 g/mol. The van der Waals surface area contributed by atoms with Crippen molar-refractivity contribution in [1.82, 2.24) is 0 Å². The third-order valence-corrected chi connectivity index (χ3v) is 5.64. The lowest BCUT2D eigenvalue weighted by atomic mass is 10.1. The van der Waals surface area contributed by atoms with Gasteiger partial charge in [0, 0.05) is 21.6 Å². The molecule has 1 unspecified atom stereocenters. The Morgan fingerprint density at radius 1 is 1.13 bits per heavy atom. The first-order valence-corrected chi connectivity index (χ1v) is 10.1. The fourth-order valence-corrected chi connectivity index (χ4v) is 4.15. The third kappa shape index (κ3) is 5.49. The molecule has 2 rings (SSSR count). The summed E-state index contributed by atoms with van der Waals surface area (Å²) < 4.78 is 1.15. The van der Waals surface area contributed by atoms with Gasteiger partial charge < -0.3 is 26.6 Å². The molecule has 0 heterocycles. The van der Waals surface area contributed by atoms with Gasteiger partial charge in [-0.3, -0.25) is 14.9 Å². The number of carboxylic acids is 2. The number of nitrogen functional groups attached to an aromatic ring is 1. The number of amides is 1. The minimum absolute atomic E-state index is 0.157. The number of anilines is 2. The first-order chi connectivity index (χ1) is 14.4. The van der Waals surface area contributed by atoms with Crippen LogP contribution in [0.4, 0.5) is 17.1 Å². The molecule has 11 nitrogen and oxygen atoms in total. The maximum atomic E-state index is 11.9. The molecule has 0 aliphatic carbocycles. The number of primary amides is 1. The number of nitro groups is 1. The zero-order valence-corrected chi connectivity index (χ0v) is 18.8. The van der Waals surface area contributed by atoms with Crippen LogP contribution in [-0.4, -0.2) is 45.6 Å². The van der Waals surface area contributed by atoms with Crippen LogP contribution < -0.4 is 16.4 Å². The van der Waals surface area contributed by atoms with Gasteiger partial charge in [-0.2, -0.15) is 0 Å². The van der Waals surface area contributed by atoms with Gasteiger partial charge >= 0.3 is 11.9 Å². The van der Waals surface area contributed by atoms with E-state index < -0.39 is 34.5 Å². The largest absolute Gasteiger partial charge is 0.479 e. The normalized spacial score (nSPS) is 11.5. The van der Waals surface area contributed by atoms with Crippen LogP contribution in [0.2, 0.25) is 0 Å². The molecule has 0 bridgehead atoms. The average molecular weight is 560 g/mol. The van der Waals surface area contributed by atoms with Crippen LogP contribution >= 0.6 is 31.9 Å². The Labute approximate surface area is 192 Å². The van der Waals surface area contributed by atoms with Gasteiger partial charge in [0.05, 0.1) is 16.2 Å². The lowest BCUT2D eigenvalue weighted by Gasteiger charge is -2.29. The van der Waals surface area contributed by atoms with Crippen molar-refractivity contribution in [1.29, 1.82) is 0 Å². The van der Waals surface area contributed by atoms with Crippen LogP contribution in [0.3, 0.4) is 0 Å². The summed E-state index contributed by atoms with van der Waals surface area (Å²) in [7, 11) is 0. The monoisotopic (exact) mass is 558 g/mol. The quantitative estimate of drug-likeness (QED) is 0.154. The molecule has 0 spiro atoms. The van der Waals surface area contributed by atoms with Gasteiger partial charge in [-0.15, -0.1) is 0 Å². The van der Waals surface area contributed by atoms with Crippen molar-refractivity contribution >= 4 is 66.8 Å². The second-order valence-corrected chi connectivity index (χ2v) is 8.03. The van der Waals surface area contributed by atoms with Crippen molar-refractivity contribution in [3.05, 3.63) is 60.5 Å². The molecule has 31 heavy (non-hydrogen) atoms. The predicted molar refractivity (Wildman–Crippen MR) is 118 cm³/mol. The Kier molecular flexibility index (Phi) is 7.57. The number of rotatable bonds is 9. The Morgan fingerprint density at radius 2 is 1.71 bits per heavy atom. The number of nitrogens with two attached hydrogens (primary N) is 2. The summed E-state index contributed by atoms with van der Waals surface area (Å²) in [5.41, 5.74) is 10.9. The minimum atomic E-state index is -1.92. The van der Waals surface area contributed by atoms with Crippen LogP contribution in [0.25, 0.3) is 0 Å². The molecule has 0 aliphatic rings. The number of hydrogen-bond donors (Lipinski definition) is 4. The number of nitrogens with zero attached hydrogens (tertiary/aromatic N) is 2. The number of halogens is 2. The fraction of sp³-hybridized carbons (Fsp3) is 0.167. The van der Waals surface area contributed by atoms with Gasteiger partial charge in [0.15, 0.2) is 0 Å². The van der Waals surface area contributed by atoms with Crippen molar-refractivity contribution in [2.75, 3.05) is 17.2 Å². The Hall–Kier alpha value is -3.19. The van der Waals surface area contributed by atoms with E-state index in [1.165, 1.54) is 0 Å². The Morgan fingerprint density at radius 3 is 2.16 bits per heavy atom. The number of aliphatic carboxylic acids is 1. The minimum Gasteiger partial charge on any atom is -0.479 e. The van der Waals surface area contributed by atoms with Gasteiger partial charge in [0.1, 0.15) is 5.69 Å². The van der Waals surface area contributed by atoms with Gasteiger partial charge in [-0.1, -0.05) is 0 Å². The van der Waals surface area contributed by atoms with E-state index in [9.17, 15) is 29.6 Å². The number of carboxylic acid groups (broad SMARTS) is 2. The van der Waals surface area contributed by atoms with E-state index in [2.05, 4.69) is 31.9 Å². The summed E-state index contributed by atoms with van der Waals surface area (Å²) in [4.78, 5) is 46.5. The second-order valence-electron chi connectivity index (χ2n) is 6.33. The lowest BCUT2D eigenvalue weighted by Crippen LogP contribution is -2.51. The van der Waals surface area contributed by atoms with Crippen LogP contribution in [-0.2, 0) is 16.0 Å². The topological polar surface area (TPSA) is 190 Å². The summed E-state index contributed by atoms with van der Waals surface area (Å²) in [6, 6.07) is 4.39. The molecule has 2 aromatic rings. The van der Waals surface area contributed by atoms with Crippen molar-refractivity contribution in [3.8, 4) is 0 Å². The summed E-state index contributed by atoms with van der Waals surface area (Å²) in [5.74, 6) is -4.24. The first kappa shape index (κ1) is 24.1. The predicted octanol–water partition coefficient (Wildman–Crippen LogP) is 2.39. The van der Waals surface area contributed by atoms with Gasteiger partial charge in [-0.05, 0) is 68.1 Å². The van der Waals surface area contributed by atoms with Crippen LogP contribution in [0.15, 0.2) is 39.3 Å². The average Bonchev–Trinajstić information content (AvgIpc) is 2.67. The first-order valence-electron chi connectivity index (χ1n) is 8.48. The third-order valence-electron chi connectivity index (χ3n) is 4.32. The molecule has 0 fully saturated rings. The summed E-state index contributed by atoms with van der Waals surface area (Å²) in [6.45, 7) is -0.157. The van der Waals surface area contributed by atoms with E-state index in [0.717, 1.165) is 23.1 Å². The highest BCUT2D eigenvalue weighted by Gasteiger charge is 2.35. The SMILES string of the molecule is NC(=O)C(C(=O)O)N(CCc1cc(Br)c(N)c(Br)c1)c1ccc(C(=O)O)cc1[N+](=O)[O-]. The highest BCUT2D eigenvalue weighted by atomic mass is 79.9. The van der Waals surface area contributed by atoms with E-state index in [4.69, 9.17) is 16.6 Å². The maximum Gasteiger partial charge on any atom is 0.336 e. The van der Waals surface area contributed by atoms with Crippen LogP contribution in [0, 0.1) is 10.1 Å². The summed E-state index contributed by atoms with van der Waals surface area (Å²) in [6.07, 6.45) is 0.159. The highest BCUT2D eigenvalue weighted by molar-refractivity contribution is 9.11.